The number of piperidine rings is 1. The molecule has 30 heavy (non-hydrogen) atoms. The number of carbonyl (C=O) groups excluding carboxylic acids is 1. The summed E-state index contributed by atoms with van der Waals surface area (Å²) in [5.41, 5.74) is 0.574. The zero-order chi connectivity index (χ0) is 21.9. The van der Waals surface area contributed by atoms with E-state index in [9.17, 15) is 13.2 Å². The van der Waals surface area contributed by atoms with E-state index in [1.165, 1.54) is 17.5 Å². The molecule has 0 spiro atoms. The zero-order valence-corrected chi connectivity index (χ0v) is 19.4. The van der Waals surface area contributed by atoms with Gasteiger partial charge in [0, 0.05) is 25.1 Å². The molecule has 0 unspecified atom stereocenters. The molecular weight excluding hydrogens is 448 g/mol. The van der Waals surface area contributed by atoms with Gasteiger partial charge in [0.15, 0.2) is 0 Å². The molecule has 2 aromatic rings. The highest BCUT2D eigenvalue weighted by Gasteiger charge is 2.34. The predicted molar refractivity (Wildman–Crippen MR) is 118 cm³/mol. The number of thiophene rings is 1. The number of hydrogen-bond donors (Lipinski definition) is 1. The third-order valence-electron chi connectivity index (χ3n) is 5.43. The van der Waals surface area contributed by atoms with Gasteiger partial charge in [-0.15, -0.1) is 11.3 Å². The van der Waals surface area contributed by atoms with E-state index in [4.69, 9.17) is 21.1 Å². The van der Waals surface area contributed by atoms with Crippen LogP contribution in [-0.2, 0) is 14.8 Å². The fourth-order valence-corrected chi connectivity index (χ4v) is 6.65. The SMILES string of the molecule is COc1ccc(NC(=O)[C@H](C)C2CCN(S(=O)(=O)c3ccc(Cl)s3)CC2)c(OC)c1. The smallest absolute Gasteiger partial charge is 0.252 e. The number of benzene rings is 1. The number of hydrogen-bond acceptors (Lipinski definition) is 6. The summed E-state index contributed by atoms with van der Waals surface area (Å²) in [5.74, 6) is 0.860. The largest absolute Gasteiger partial charge is 0.497 e. The minimum Gasteiger partial charge on any atom is -0.497 e. The van der Waals surface area contributed by atoms with Crippen LogP contribution in [0.15, 0.2) is 34.5 Å². The molecular formula is C20H25ClN2O5S2. The van der Waals surface area contributed by atoms with Gasteiger partial charge in [-0.25, -0.2) is 8.42 Å². The van der Waals surface area contributed by atoms with Gasteiger partial charge in [-0.1, -0.05) is 18.5 Å². The summed E-state index contributed by atoms with van der Waals surface area (Å²) in [6.45, 7) is 2.64. The Balaban J connectivity index is 1.61. The number of amides is 1. The Morgan fingerprint density at radius 2 is 1.90 bits per heavy atom. The number of rotatable bonds is 7. The van der Waals surface area contributed by atoms with Crippen molar-refractivity contribution in [1.82, 2.24) is 4.31 Å². The summed E-state index contributed by atoms with van der Waals surface area (Å²) < 4.78 is 38.2. The molecule has 3 rings (SSSR count). The van der Waals surface area contributed by atoms with Crippen LogP contribution in [0.2, 0.25) is 4.34 Å². The molecule has 0 bridgehead atoms. The fourth-order valence-electron chi connectivity index (χ4n) is 3.54. The Labute approximate surface area is 186 Å². The van der Waals surface area contributed by atoms with E-state index in [1.54, 1.807) is 31.4 Å². The first-order chi connectivity index (χ1) is 14.3. The molecule has 1 saturated heterocycles. The second-order valence-corrected chi connectivity index (χ2v) is 11.0. The summed E-state index contributed by atoms with van der Waals surface area (Å²) in [5, 5.41) is 2.92. The van der Waals surface area contributed by atoms with Gasteiger partial charge in [-0.05, 0) is 43.0 Å². The van der Waals surface area contributed by atoms with E-state index < -0.39 is 10.0 Å². The first kappa shape index (κ1) is 22.9. The molecule has 0 saturated carbocycles. The lowest BCUT2D eigenvalue weighted by molar-refractivity contribution is -0.121. The van der Waals surface area contributed by atoms with Crippen LogP contribution >= 0.6 is 22.9 Å². The normalized spacial score (nSPS) is 16.8. The van der Waals surface area contributed by atoms with Gasteiger partial charge in [0.1, 0.15) is 15.7 Å². The molecule has 1 N–H and O–H groups in total. The quantitative estimate of drug-likeness (QED) is 0.655. The van der Waals surface area contributed by atoms with Crippen molar-refractivity contribution < 1.29 is 22.7 Å². The molecule has 1 aliphatic heterocycles. The highest BCUT2D eigenvalue weighted by Crippen LogP contribution is 2.34. The molecule has 1 aliphatic rings. The lowest BCUT2D eigenvalue weighted by atomic mass is 9.85. The van der Waals surface area contributed by atoms with Crippen molar-refractivity contribution in [1.29, 1.82) is 0 Å². The highest BCUT2D eigenvalue weighted by atomic mass is 35.5. The van der Waals surface area contributed by atoms with Crippen molar-refractivity contribution in [2.75, 3.05) is 32.6 Å². The minimum atomic E-state index is -3.54. The third-order valence-corrected chi connectivity index (χ3v) is 9.03. The molecule has 1 amide bonds. The number of anilines is 1. The van der Waals surface area contributed by atoms with Crippen molar-refractivity contribution in [2.24, 2.45) is 11.8 Å². The number of nitrogens with zero attached hydrogens (tertiary/aromatic N) is 1. The van der Waals surface area contributed by atoms with Crippen LogP contribution < -0.4 is 14.8 Å². The van der Waals surface area contributed by atoms with E-state index in [-0.39, 0.29) is 22.0 Å². The lowest BCUT2D eigenvalue weighted by Crippen LogP contribution is -2.41. The van der Waals surface area contributed by atoms with Crippen LogP contribution in [0.5, 0.6) is 11.5 Å². The summed E-state index contributed by atoms with van der Waals surface area (Å²) in [6.07, 6.45) is 1.24. The standard InChI is InChI=1S/C20H25ClN2O5S2/c1-13(20(24)22-16-5-4-15(27-2)12-17(16)28-3)14-8-10-23(11-9-14)30(25,26)19-7-6-18(21)29-19/h4-7,12-14H,8-11H2,1-3H3,(H,22,24)/t13-/m1/s1. The Morgan fingerprint density at radius 3 is 2.47 bits per heavy atom. The maximum atomic E-state index is 12.8. The summed E-state index contributed by atoms with van der Waals surface area (Å²) >= 11 is 6.94. The Kier molecular flexibility index (Phi) is 7.28. The molecule has 1 fully saturated rings. The molecule has 1 aromatic carbocycles. The van der Waals surface area contributed by atoms with E-state index in [2.05, 4.69) is 5.32 Å². The second-order valence-electron chi connectivity index (χ2n) is 7.14. The van der Waals surface area contributed by atoms with Gasteiger partial charge in [0.05, 0.1) is 24.2 Å². The van der Waals surface area contributed by atoms with Gasteiger partial charge in [0.25, 0.3) is 10.0 Å². The highest BCUT2D eigenvalue weighted by molar-refractivity contribution is 7.91. The molecule has 0 aliphatic carbocycles. The number of nitrogens with one attached hydrogen (secondary N) is 1. The average Bonchev–Trinajstić information content (AvgIpc) is 3.20. The number of sulfonamides is 1. The Bertz CT molecular complexity index is 1000. The number of halogens is 1. The van der Waals surface area contributed by atoms with E-state index >= 15 is 0 Å². The molecule has 1 aromatic heterocycles. The maximum Gasteiger partial charge on any atom is 0.252 e. The van der Waals surface area contributed by atoms with Crippen molar-refractivity contribution in [3.63, 3.8) is 0 Å². The number of carbonyl (C=O) groups is 1. The molecule has 7 nitrogen and oxygen atoms in total. The van der Waals surface area contributed by atoms with Crippen LogP contribution in [0, 0.1) is 11.8 Å². The Morgan fingerprint density at radius 1 is 1.20 bits per heavy atom. The first-order valence-electron chi connectivity index (χ1n) is 9.54. The van der Waals surface area contributed by atoms with Crippen LogP contribution in [0.1, 0.15) is 19.8 Å². The summed E-state index contributed by atoms with van der Waals surface area (Å²) in [6, 6.07) is 8.32. The van der Waals surface area contributed by atoms with Crippen LogP contribution in [0.25, 0.3) is 0 Å². The van der Waals surface area contributed by atoms with Gasteiger partial charge in [0.2, 0.25) is 5.91 Å². The van der Waals surface area contributed by atoms with E-state index in [1.807, 2.05) is 6.92 Å². The van der Waals surface area contributed by atoms with Gasteiger partial charge in [-0.2, -0.15) is 4.31 Å². The predicted octanol–water partition coefficient (Wildman–Crippen LogP) is 4.09. The summed E-state index contributed by atoms with van der Waals surface area (Å²) in [7, 11) is -0.440. The lowest BCUT2D eigenvalue weighted by Gasteiger charge is -2.33. The Hall–Kier alpha value is -1.81. The topological polar surface area (TPSA) is 84.9 Å². The monoisotopic (exact) mass is 472 g/mol. The molecule has 1 atom stereocenters. The summed E-state index contributed by atoms with van der Waals surface area (Å²) in [4.78, 5) is 12.8. The molecule has 164 valence electrons. The first-order valence-corrected chi connectivity index (χ1v) is 12.2. The third kappa shape index (κ3) is 4.91. The zero-order valence-electron chi connectivity index (χ0n) is 17.1. The number of ether oxygens (including phenoxy) is 2. The maximum absolute atomic E-state index is 12.8. The van der Waals surface area contributed by atoms with Crippen molar-refractivity contribution >= 4 is 44.6 Å². The van der Waals surface area contributed by atoms with Crippen LogP contribution in [0.4, 0.5) is 5.69 Å². The second kappa shape index (κ2) is 9.55. The van der Waals surface area contributed by atoms with Gasteiger partial charge in [-0.3, -0.25) is 4.79 Å². The van der Waals surface area contributed by atoms with Crippen LogP contribution in [0.3, 0.4) is 0 Å². The van der Waals surface area contributed by atoms with E-state index in [0.29, 0.717) is 47.5 Å². The number of methoxy groups -OCH3 is 2. The molecule has 2 heterocycles. The molecule has 0 radical (unpaired) electrons. The fraction of sp³-hybridized carbons (Fsp3) is 0.450. The molecule has 10 heteroatoms. The van der Waals surface area contributed by atoms with Crippen molar-refractivity contribution in [3.05, 3.63) is 34.7 Å². The van der Waals surface area contributed by atoms with Crippen molar-refractivity contribution in [2.45, 2.75) is 24.0 Å². The average molecular weight is 473 g/mol. The van der Waals surface area contributed by atoms with Gasteiger partial charge >= 0.3 is 0 Å². The van der Waals surface area contributed by atoms with Crippen LogP contribution in [-0.4, -0.2) is 45.9 Å². The minimum absolute atomic E-state index is 0.0904. The van der Waals surface area contributed by atoms with Crippen molar-refractivity contribution in [3.8, 4) is 11.5 Å². The van der Waals surface area contributed by atoms with Gasteiger partial charge < -0.3 is 14.8 Å². The van der Waals surface area contributed by atoms with E-state index in [0.717, 1.165) is 11.3 Å².